The molecule has 0 aliphatic heterocycles. The third-order valence-corrected chi connectivity index (χ3v) is 5.30. The smallest absolute Gasteiger partial charge is 0.310 e. The second-order valence-electron chi connectivity index (χ2n) is 7.26. The van der Waals surface area contributed by atoms with Gasteiger partial charge in [0.25, 0.3) is 0 Å². The highest BCUT2D eigenvalue weighted by Gasteiger charge is 2.34. The molecule has 1 aromatic rings. The summed E-state index contributed by atoms with van der Waals surface area (Å²) in [6.07, 6.45) is 6.03. The summed E-state index contributed by atoms with van der Waals surface area (Å²) in [5.74, 6) is -0.868. The molecule has 4 nitrogen and oxygen atoms in total. The average molecular weight is 358 g/mol. The molecule has 0 spiro atoms. The number of ketones is 1. The van der Waals surface area contributed by atoms with E-state index in [0.717, 1.165) is 30.4 Å². The number of carboxylic acid groups (broad SMARTS) is 1. The maximum Gasteiger partial charge on any atom is 0.310 e. The highest BCUT2D eigenvalue weighted by atomic mass is 19.1. The van der Waals surface area contributed by atoms with Crippen molar-refractivity contribution in [3.8, 4) is 0 Å². The van der Waals surface area contributed by atoms with E-state index >= 15 is 0 Å². The van der Waals surface area contributed by atoms with Crippen molar-refractivity contribution in [2.75, 3.05) is 0 Å². The lowest BCUT2D eigenvalue weighted by Crippen LogP contribution is -2.15. The molecule has 3 unspecified atom stereocenters. The third kappa shape index (κ3) is 4.47. The highest BCUT2D eigenvalue weighted by molar-refractivity contribution is 5.95. The van der Waals surface area contributed by atoms with E-state index in [9.17, 15) is 19.1 Å². The molecular formula is C21H23FO4. The minimum absolute atomic E-state index is 0.199. The lowest BCUT2D eigenvalue weighted by Gasteiger charge is -2.25. The van der Waals surface area contributed by atoms with E-state index in [1.54, 1.807) is 18.2 Å². The van der Waals surface area contributed by atoms with E-state index < -0.39 is 24.3 Å². The summed E-state index contributed by atoms with van der Waals surface area (Å²) >= 11 is 0. The van der Waals surface area contributed by atoms with Crippen molar-refractivity contribution in [1.29, 1.82) is 0 Å². The zero-order valence-corrected chi connectivity index (χ0v) is 14.5. The zero-order valence-electron chi connectivity index (χ0n) is 14.5. The van der Waals surface area contributed by atoms with Crippen molar-refractivity contribution in [2.45, 2.75) is 44.6 Å². The average Bonchev–Trinajstić information content (AvgIpc) is 2.96. The number of allylic oxidation sites excluding steroid dienone is 3. The Bertz CT molecular complexity index is 748. The first-order chi connectivity index (χ1) is 12.4. The molecule has 2 aliphatic carbocycles. The standard InChI is InChI=1S/C21H23FO4/c22-16-5-3-14(4-6-16)20-10-13-1-2-15(9-13)19(20)8-7-17(23)11-18(24)12-21(25)26/h3-8,13,15,17,23H,1-2,9-12H2,(H,25,26). The fourth-order valence-electron chi connectivity index (χ4n) is 4.12. The lowest BCUT2D eigenvalue weighted by molar-refractivity contribution is -0.140. The summed E-state index contributed by atoms with van der Waals surface area (Å²) in [4.78, 5) is 22.1. The molecule has 1 fully saturated rings. The topological polar surface area (TPSA) is 74.6 Å². The van der Waals surface area contributed by atoms with E-state index in [-0.39, 0.29) is 12.2 Å². The summed E-state index contributed by atoms with van der Waals surface area (Å²) in [5, 5.41) is 18.7. The van der Waals surface area contributed by atoms with E-state index in [1.165, 1.54) is 24.1 Å². The van der Waals surface area contributed by atoms with Crippen LogP contribution >= 0.6 is 0 Å². The molecule has 5 heteroatoms. The van der Waals surface area contributed by atoms with Gasteiger partial charge in [0.2, 0.25) is 0 Å². The number of aliphatic carboxylic acids is 1. The number of carboxylic acids is 1. The van der Waals surface area contributed by atoms with Crippen LogP contribution in [0.15, 0.2) is 42.0 Å². The molecular weight excluding hydrogens is 335 g/mol. The number of fused-ring (bicyclic) bond motifs is 2. The fraction of sp³-hybridized carbons (Fsp3) is 0.429. The number of benzene rings is 1. The molecule has 138 valence electrons. The molecule has 0 amide bonds. The second kappa shape index (κ2) is 7.96. The molecule has 1 aromatic carbocycles. The van der Waals surface area contributed by atoms with Gasteiger partial charge in [-0.25, -0.2) is 4.39 Å². The summed E-state index contributed by atoms with van der Waals surface area (Å²) in [5.41, 5.74) is 3.33. The minimum Gasteiger partial charge on any atom is -0.481 e. The summed E-state index contributed by atoms with van der Waals surface area (Å²) in [6.45, 7) is 0. The van der Waals surface area contributed by atoms with Gasteiger partial charge in [-0.1, -0.05) is 24.3 Å². The maximum atomic E-state index is 13.2. The molecule has 2 aliphatic rings. The van der Waals surface area contributed by atoms with E-state index in [2.05, 4.69) is 0 Å². The molecule has 0 heterocycles. The number of aliphatic hydroxyl groups excluding tert-OH is 1. The van der Waals surface area contributed by atoms with Crippen LogP contribution in [0.3, 0.4) is 0 Å². The van der Waals surface area contributed by atoms with Gasteiger partial charge in [-0.2, -0.15) is 0 Å². The molecule has 0 radical (unpaired) electrons. The molecule has 1 saturated carbocycles. The van der Waals surface area contributed by atoms with Crippen molar-refractivity contribution in [2.24, 2.45) is 11.8 Å². The quantitative estimate of drug-likeness (QED) is 0.728. The predicted octanol–water partition coefficient (Wildman–Crippen LogP) is 3.75. The van der Waals surface area contributed by atoms with E-state index in [1.807, 2.05) is 6.08 Å². The van der Waals surface area contributed by atoms with Gasteiger partial charge in [-0.05, 0) is 66.4 Å². The normalized spacial score (nSPS) is 23.5. The summed E-state index contributed by atoms with van der Waals surface area (Å²) in [6, 6.07) is 6.49. The predicted molar refractivity (Wildman–Crippen MR) is 95.8 cm³/mol. The number of hydrogen-bond acceptors (Lipinski definition) is 3. The number of rotatable bonds is 7. The molecule has 2 N–H and O–H groups in total. The molecule has 3 rings (SSSR count). The van der Waals surface area contributed by atoms with Crippen LogP contribution in [-0.2, 0) is 9.59 Å². The Morgan fingerprint density at radius 2 is 1.96 bits per heavy atom. The van der Waals surface area contributed by atoms with E-state index in [4.69, 9.17) is 5.11 Å². The Hall–Kier alpha value is -2.27. The van der Waals surface area contributed by atoms with Crippen molar-refractivity contribution in [1.82, 2.24) is 0 Å². The monoisotopic (exact) mass is 358 g/mol. The van der Waals surface area contributed by atoms with Crippen LogP contribution in [0.2, 0.25) is 0 Å². The van der Waals surface area contributed by atoms with Gasteiger partial charge < -0.3 is 10.2 Å². The first kappa shape index (κ1) is 18.5. The highest BCUT2D eigenvalue weighted by Crippen LogP contribution is 2.48. The van der Waals surface area contributed by atoms with Gasteiger partial charge in [-0.3, -0.25) is 9.59 Å². The Morgan fingerprint density at radius 3 is 2.65 bits per heavy atom. The lowest BCUT2D eigenvalue weighted by atomic mass is 9.80. The SMILES string of the molecule is O=C(O)CC(=O)CC(O)C=CC1=C(c2ccc(F)cc2)CC2CCC1C2. The van der Waals surface area contributed by atoms with Gasteiger partial charge in [0.05, 0.1) is 6.10 Å². The van der Waals surface area contributed by atoms with Crippen LogP contribution in [0.1, 0.15) is 44.1 Å². The van der Waals surface area contributed by atoms with Crippen LogP contribution in [0, 0.1) is 17.7 Å². The Kier molecular flexibility index (Phi) is 5.67. The Balaban J connectivity index is 1.80. The number of carbonyl (C=O) groups excluding carboxylic acids is 1. The molecule has 0 saturated heterocycles. The van der Waals surface area contributed by atoms with Gasteiger partial charge in [-0.15, -0.1) is 0 Å². The third-order valence-electron chi connectivity index (χ3n) is 5.30. The van der Waals surface area contributed by atoms with E-state index in [0.29, 0.717) is 11.8 Å². The molecule has 0 aromatic heterocycles. The summed E-state index contributed by atoms with van der Waals surface area (Å²) in [7, 11) is 0. The maximum absolute atomic E-state index is 13.2. The zero-order chi connectivity index (χ0) is 18.7. The number of Topliss-reactive ketones (excluding diaryl/α,β-unsaturated/α-hetero) is 1. The van der Waals surface area contributed by atoms with Crippen molar-refractivity contribution in [3.63, 3.8) is 0 Å². The number of halogens is 1. The molecule has 3 atom stereocenters. The largest absolute Gasteiger partial charge is 0.481 e. The second-order valence-corrected chi connectivity index (χ2v) is 7.26. The van der Waals surface area contributed by atoms with Crippen molar-refractivity contribution in [3.05, 3.63) is 53.4 Å². The number of aliphatic hydroxyl groups is 1. The summed E-state index contributed by atoms with van der Waals surface area (Å²) < 4.78 is 13.2. The Labute approximate surface area is 152 Å². The van der Waals surface area contributed by atoms with Crippen LogP contribution in [-0.4, -0.2) is 28.1 Å². The first-order valence-corrected chi connectivity index (χ1v) is 9.01. The van der Waals surface area contributed by atoms with Crippen molar-refractivity contribution >= 4 is 17.3 Å². The number of hydrogen-bond donors (Lipinski definition) is 2. The molecule has 2 bridgehead atoms. The van der Waals surface area contributed by atoms with Gasteiger partial charge in [0, 0.05) is 6.42 Å². The Morgan fingerprint density at radius 1 is 1.23 bits per heavy atom. The minimum atomic E-state index is -1.18. The van der Waals surface area contributed by atoms with Gasteiger partial charge in [0.1, 0.15) is 18.0 Å². The van der Waals surface area contributed by atoms with Crippen molar-refractivity contribution < 1.29 is 24.2 Å². The van der Waals surface area contributed by atoms with Crippen LogP contribution in [0.4, 0.5) is 4.39 Å². The fourth-order valence-corrected chi connectivity index (χ4v) is 4.12. The van der Waals surface area contributed by atoms with Crippen LogP contribution in [0.5, 0.6) is 0 Å². The number of carbonyl (C=O) groups is 2. The molecule has 26 heavy (non-hydrogen) atoms. The van der Waals surface area contributed by atoms with Gasteiger partial charge in [0.15, 0.2) is 0 Å². The first-order valence-electron chi connectivity index (χ1n) is 9.01. The van der Waals surface area contributed by atoms with Crippen LogP contribution in [0.25, 0.3) is 5.57 Å². The van der Waals surface area contributed by atoms with Gasteiger partial charge >= 0.3 is 5.97 Å². The van der Waals surface area contributed by atoms with Crippen LogP contribution < -0.4 is 0 Å².